The number of nitrogens with zero attached hydrogens (tertiary/aromatic N) is 2. The molecule has 1 fully saturated rings. The zero-order valence-corrected chi connectivity index (χ0v) is 22.2. The Morgan fingerprint density at radius 3 is 2.37 bits per heavy atom. The molecule has 0 spiro atoms. The number of hydrogen-bond donors (Lipinski definition) is 1. The van der Waals surface area contributed by atoms with E-state index in [2.05, 4.69) is 5.32 Å². The molecule has 0 saturated carbocycles. The molecular formula is C25H19ClF3N3O4S2. The summed E-state index contributed by atoms with van der Waals surface area (Å²) < 4.78 is 42.3. The van der Waals surface area contributed by atoms with Crippen molar-refractivity contribution in [2.45, 2.75) is 42.3 Å². The highest BCUT2D eigenvalue weighted by molar-refractivity contribution is 8.00. The van der Waals surface area contributed by atoms with Crippen LogP contribution in [-0.2, 0) is 32.5 Å². The predicted octanol–water partition coefficient (Wildman–Crippen LogP) is 5.16. The van der Waals surface area contributed by atoms with E-state index in [9.17, 15) is 32.3 Å². The van der Waals surface area contributed by atoms with Crippen molar-refractivity contribution < 1.29 is 27.6 Å². The molecule has 1 saturated heterocycles. The molecule has 13 heteroatoms. The van der Waals surface area contributed by atoms with Crippen LogP contribution in [0.15, 0.2) is 58.4 Å². The Kier molecular flexibility index (Phi) is 6.48. The summed E-state index contributed by atoms with van der Waals surface area (Å²) in [5.74, 6) is -3.04. The minimum absolute atomic E-state index is 0.351. The Bertz CT molecular complexity index is 1530. The van der Waals surface area contributed by atoms with Crippen molar-refractivity contribution in [2.75, 3.05) is 10.2 Å². The van der Waals surface area contributed by atoms with Crippen LogP contribution in [0.4, 0.5) is 24.5 Å². The van der Waals surface area contributed by atoms with Gasteiger partial charge in [0.2, 0.25) is 17.7 Å². The summed E-state index contributed by atoms with van der Waals surface area (Å²) in [5, 5.41) is 2.45. The number of amides is 3. The van der Waals surface area contributed by atoms with Gasteiger partial charge in [-0.05, 0) is 36.4 Å². The molecule has 2 unspecified atom stereocenters. The van der Waals surface area contributed by atoms with Crippen molar-refractivity contribution in [3.63, 3.8) is 0 Å². The molecule has 38 heavy (non-hydrogen) atoms. The van der Waals surface area contributed by atoms with Gasteiger partial charge in [0.1, 0.15) is 11.8 Å². The number of carbonyl (C=O) groups is 3. The Morgan fingerprint density at radius 1 is 1.05 bits per heavy atom. The van der Waals surface area contributed by atoms with Crippen LogP contribution in [0.2, 0.25) is 5.02 Å². The molecule has 0 radical (unpaired) electrons. The third kappa shape index (κ3) is 4.34. The molecule has 2 aliphatic heterocycles. The summed E-state index contributed by atoms with van der Waals surface area (Å²) in [7, 11) is 0. The molecular weight excluding hydrogens is 563 g/mol. The summed E-state index contributed by atoms with van der Waals surface area (Å²) in [6.45, 7) is 3.01. The van der Waals surface area contributed by atoms with Crippen LogP contribution in [0, 0.1) is 5.92 Å². The highest BCUT2D eigenvalue weighted by Gasteiger charge is 2.60. The molecule has 0 aliphatic carbocycles. The number of thiazole rings is 1. The van der Waals surface area contributed by atoms with Gasteiger partial charge in [0, 0.05) is 21.0 Å². The lowest BCUT2D eigenvalue weighted by atomic mass is 9.76. The van der Waals surface area contributed by atoms with Gasteiger partial charge in [-0.1, -0.05) is 60.7 Å². The molecule has 2 atom stereocenters. The second-order valence-electron chi connectivity index (χ2n) is 9.41. The number of halogens is 4. The maximum atomic E-state index is 13.7. The van der Waals surface area contributed by atoms with E-state index < -0.39 is 56.6 Å². The number of alkyl halides is 3. The second-order valence-corrected chi connectivity index (χ2v) is 11.9. The molecule has 3 amide bonds. The first kappa shape index (κ1) is 26.5. The van der Waals surface area contributed by atoms with E-state index in [1.54, 1.807) is 38.1 Å². The monoisotopic (exact) mass is 581 g/mol. The first-order valence-electron chi connectivity index (χ1n) is 11.3. The van der Waals surface area contributed by atoms with Crippen LogP contribution in [0.3, 0.4) is 0 Å². The molecule has 1 N–H and O–H groups in total. The van der Waals surface area contributed by atoms with Crippen molar-refractivity contribution in [1.29, 1.82) is 0 Å². The van der Waals surface area contributed by atoms with E-state index >= 15 is 0 Å². The Morgan fingerprint density at radius 2 is 1.71 bits per heavy atom. The largest absolute Gasteiger partial charge is 0.418 e. The summed E-state index contributed by atoms with van der Waals surface area (Å²) in [6, 6.07) is 10.8. The maximum absolute atomic E-state index is 13.7. The number of carbonyl (C=O) groups excluding carboxylic acids is 3. The number of para-hydroxylation sites is 1. The Labute approximate surface area is 227 Å². The minimum atomic E-state index is -4.77. The molecule has 2 aromatic carbocycles. The third-order valence-electron chi connectivity index (χ3n) is 6.58. The quantitative estimate of drug-likeness (QED) is 0.430. The molecule has 0 bridgehead atoms. The third-order valence-corrected chi connectivity index (χ3v) is 9.66. The van der Waals surface area contributed by atoms with Crippen LogP contribution in [0.5, 0.6) is 0 Å². The lowest BCUT2D eigenvalue weighted by Crippen LogP contribution is -2.42. The van der Waals surface area contributed by atoms with Crippen LogP contribution in [-0.4, -0.2) is 27.5 Å². The van der Waals surface area contributed by atoms with E-state index in [4.69, 9.17) is 11.6 Å². The molecule has 1 aromatic heterocycles. The summed E-state index contributed by atoms with van der Waals surface area (Å²) in [4.78, 5) is 53.3. The van der Waals surface area contributed by atoms with Gasteiger partial charge in [-0.2, -0.15) is 13.2 Å². The molecule has 5 rings (SSSR count). The summed E-state index contributed by atoms with van der Waals surface area (Å²) in [5.41, 5.74) is -2.19. The lowest BCUT2D eigenvalue weighted by Gasteiger charge is -2.36. The van der Waals surface area contributed by atoms with Crippen molar-refractivity contribution in [3.05, 3.63) is 73.7 Å². The highest BCUT2D eigenvalue weighted by atomic mass is 35.5. The van der Waals surface area contributed by atoms with Gasteiger partial charge >= 0.3 is 11.0 Å². The SMILES string of the molecule is CC1(C)c2sc(=O)n(CC(=O)Nc3ccc(Cl)cc3)c2SC2C(=O)N(c3ccccc3C(F)(F)F)C(=O)C21. The lowest BCUT2D eigenvalue weighted by molar-refractivity contribution is -0.137. The number of fused-ring (bicyclic) bond motifs is 2. The normalized spacial score (nSPS) is 20.3. The summed E-state index contributed by atoms with van der Waals surface area (Å²) in [6.07, 6.45) is -4.77. The first-order valence-corrected chi connectivity index (χ1v) is 13.4. The topological polar surface area (TPSA) is 88.5 Å². The van der Waals surface area contributed by atoms with Gasteiger partial charge in [0.05, 0.1) is 22.2 Å². The fourth-order valence-corrected chi connectivity index (χ4v) is 7.95. The molecule has 7 nitrogen and oxygen atoms in total. The van der Waals surface area contributed by atoms with E-state index in [1.165, 1.54) is 16.7 Å². The fraction of sp³-hybridized carbons (Fsp3) is 0.280. The van der Waals surface area contributed by atoms with E-state index in [0.717, 1.165) is 35.2 Å². The smallest absolute Gasteiger partial charge is 0.325 e. The number of rotatable bonds is 4. The number of nitrogens with one attached hydrogen (secondary N) is 1. The van der Waals surface area contributed by atoms with Gasteiger partial charge < -0.3 is 5.32 Å². The van der Waals surface area contributed by atoms with Gasteiger partial charge in [0.15, 0.2) is 0 Å². The van der Waals surface area contributed by atoms with Crippen LogP contribution in [0.25, 0.3) is 0 Å². The highest BCUT2D eigenvalue weighted by Crippen LogP contribution is 2.55. The van der Waals surface area contributed by atoms with Crippen molar-refractivity contribution >= 4 is 63.8 Å². The second kappa shape index (κ2) is 9.28. The fourth-order valence-electron chi connectivity index (χ4n) is 4.79. The van der Waals surface area contributed by atoms with Gasteiger partial charge in [-0.15, -0.1) is 0 Å². The summed E-state index contributed by atoms with van der Waals surface area (Å²) >= 11 is 7.66. The predicted molar refractivity (Wildman–Crippen MR) is 139 cm³/mol. The Hall–Kier alpha value is -3.09. The van der Waals surface area contributed by atoms with Crippen molar-refractivity contribution in [3.8, 4) is 0 Å². The first-order chi connectivity index (χ1) is 17.8. The van der Waals surface area contributed by atoms with Crippen molar-refractivity contribution in [2.24, 2.45) is 5.92 Å². The molecule has 2 aliphatic rings. The van der Waals surface area contributed by atoms with E-state index in [0.29, 0.717) is 25.5 Å². The van der Waals surface area contributed by atoms with Crippen molar-refractivity contribution in [1.82, 2.24) is 4.57 Å². The molecule has 3 aromatic rings. The average molecular weight is 582 g/mol. The number of aromatic nitrogens is 1. The van der Waals surface area contributed by atoms with Gasteiger partial charge in [-0.25, -0.2) is 4.90 Å². The maximum Gasteiger partial charge on any atom is 0.418 e. The molecule has 3 heterocycles. The van der Waals surface area contributed by atoms with Crippen LogP contribution < -0.4 is 15.1 Å². The standard InChI is InChI=1S/C25H19ClF3N3O4S2/c1-24(2)17-18(21(35)32(20(17)34)15-6-4-3-5-14(15)25(27,28)29)37-22-19(24)38-23(36)31(22)11-16(33)30-13-9-7-12(26)8-10-13/h3-10,17-18H,11H2,1-2H3,(H,30,33). The number of hydrogen-bond acceptors (Lipinski definition) is 6. The van der Waals surface area contributed by atoms with Crippen LogP contribution >= 0.6 is 34.7 Å². The van der Waals surface area contributed by atoms with Crippen LogP contribution in [0.1, 0.15) is 24.3 Å². The van der Waals surface area contributed by atoms with E-state index in [-0.39, 0.29) is 6.54 Å². The number of anilines is 2. The number of imide groups is 1. The zero-order valence-electron chi connectivity index (χ0n) is 19.8. The minimum Gasteiger partial charge on any atom is -0.325 e. The van der Waals surface area contributed by atoms with E-state index in [1.807, 2.05) is 0 Å². The Balaban J connectivity index is 1.49. The number of benzene rings is 2. The average Bonchev–Trinajstić information content (AvgIpc) is 3.29. The van der Waals surface area contributed by atoms with Gasteiger partial charge in [-0.3, -0.25) is 23.7 Å². The van der Waals surface area contributed by atoms with Gasteiger partial charge in [0.25, 0.3) is 0 Å². The molecule has 198 valence electrons. The number of thioether (sulfide) groups is 1. The zero-order chi connectivity index (χ0) is 27.6.